The number of anilines is 4. The molecule has 4 rings (SSSR count). The number of aromatic nitrogens is 2. The summed E-state index contributed by atoms with van der Waals surface area (Å²) < 4.78 is 6.93. The zero-order valence-corrected chi connectivity index (χ0v) is 21.7. The van der Waals surface area contributed by atoms with Gasteiger partial charge in [-0.05, 0) is 60.2 Å². The van der Waals surface area contributed by atoms with Crippen LogP contribution in [-0.2, 0) is 4.79 Å². The van der Waals surface area contributed by atoms with E-state index in [9.17, 15) is 4.79 Å². The van der Waals surface area contributed by atoms with Crippen LogP contribution in [0.3, 0.4) is 0 Å². The second-order valence-electron chi connectivity index (χ2n) is 8.36. The Morgan fingerprint density at radius 1 is 1.19 bits per heavy atom. The van der Waals surface area contributed by atoms with Crippen molar-refractivity contribution in [3.63, 3.8) is 0 Å². The largest absolute Gasteiger partial charge is 0.437 e. The number of fused-ring (bicyclic) bond motifs is 1. The molecule has 1 amide bonds. The summed E-state index contributed by atoms with van der Waals surface area (Å²) in [6, 6.07) is 14.7. The minimum atomic E-state index is -0.295. The number of benzene rings is 2. The van der Waals surface area contributed by atoms with Crippen LogP contribution >= 0.6 is 22.9 Å². The molecule has 7 nitrogen and oxygen atoms in total. The van der Waals surface area contributed by atoms with Crippen molar-refractivity contribution in [2.24, 2.45) is 5.92 Å². The standard InChI is InChI=1S/C27H28ClN5O2S/c1-4-17(3)11-13-29-22-10-9-19(16-21(22)28)31-27-32-23-12-14-36-25(23)26(33-27)35-20-8-6-7-18(15-20)30-24(34)5-2/h5-10,12,14-17,29H,2,4,11,13H2,1,3H3,(H,30,34)(H,31,32,33). The summed E-state index contributed by atoms with van der Waals surface area (Å²) in [6.07, 6.45) is 3.47. The van der Waals surface area contributed by atoms with E-state index >= 15 is 0 Å². The zero-order valence-electron chi connectivity index (χ0n) is 20.2. The van der Waals surface area contributed by atoms with Gasteiger partial charge in [0.25, 0.3) is 0 Å². The van der Waals surface area contributed by atoms with E-state index in [1.54, 1.807) is 24.3 Å². The predicted octanol–water partition coefficient (Wildman–Crippen LogP) is 7.85. The number of rotatable bonds is 11. The van der Waals surface area contributed by atoms with E-state index in [-0.39, 0.29) is 5.91 Å². The molecule has 0 saturated heterocycles. The summed E-state index contributed by atoms with van der Waals surface area (Å²) in [5.41, 5.74) is 3.02. The Labute approximate surface area is 219 Å². The molecule has 186 valence electrons. The molecule has 0 aliphatic carbocycles. The van der Waals surface area contributed by atoms with Gasteiger partial charge in [-0.25, -0.2) is 4.98 Å². The molecule has 0 aliphatic heterocycles. The fourth-order valence-corrected chi connectivity index (χ4v) is 4.43. The number of ether oxygens (including phenoxy) is 1. The van der Waals surface area contributed by atoms with Crippen molar-refractivity contribution in [2.45, 2.75) is 26.7 Å². The topological polar surface area (TPSA) is 88.2 Å². The molecular weight excluding hydrogens is 494 g/mol. The van der Waals surface area contributed by atoms with Gasteiger partial charge in [0.1, 0.15) is 10.4 Å². The summed E-state index contributed by atoms with van der Waals surface area (Å²) in [7, 11) is 0. The minimum absolute atomic E-state index is 0.295. The number of thiophene rings is 1. The van der Waals surface area contributed by atoms with Crippen LogP contribution in [-0.4, -0.2) is 22.4 Å². The molecular formula is C27H28ClN5O2S. The number of hydrogen-bond donors (Lipinski definition) is 3. The lowest BCUT2D eigenvalue weighted by molar-refractivity contribution is -0.111. The highest BCUT2D eigenvalue weighted by atomic mass is 35.5. The van der Waals surface area contributed by atoms with Crippen molar-refractivity contribution in [3.8, 4) is 11.6 Å². The van der Waals surface area contributed by atoms with Crippen LogP contribution in [0.25, 0.3) is 10.2 Å². The molecule has 3 N–H and O–H groups in total. The molecule has 2 heterocycles. The van der Waals surface area contributed by atoms with E-state index in [4.69, 9.17) is 16.3 Å². The number of carbonyl (C=O) groups is 1. The predicted molar refractivity (Wildman–Crippen MR) is 150 cm³/mol. The van der Waals surface area contributed by atoms with Gasteiger partial charge in [0.15, 0.2) is 0 Å². The second-order valence-corrected chi connectivity index (χ2v) is 9.68. The minimum Gasteiger partial charge on any atom is -0.437 e. The van der Waals surface area contributed by atoms with E-state index in [1.165, 1.54) is 17.4 Å². The van der Waals surface area contributed by atoms with Crippen LogP contribution in [0, 0.1) is 5.92 Å². The van der Waals surface area contributed by atoms with Crippen LogP contribution in [0.5, 0.6) is 11.6 Å². The van der Waals surface area contributed by atoms with Crippen LogP contribution in [0.1, 0.15) is 26.7 Å². The van der Waals surface area contributed by atoms with E-state index in [0.717, 1.165) is 41.0 Å². The van der Waals surface area contributed by atoms with Gasteiger partial charge in [-0.3, -0.25) is 4.79 Å². The first-order valence-electron chi connectivity index (χ1n) is 11.7. The van der Waals surface area contributed by atoms with Crippen molar-refractivity contribution in [1.82, 2.24) is 9.97 Å². The second kappa shape index (κ2) is 11.9. The Kier molecular flexibility index (Phi) is 8.40. The number of nitrogens with one attached hydrogen (secondary N) is 3. The van der Waals surface area contributed by atoms with Gasteiger partial charge in [0.2, 0.25) is 17.7 Å². The van der Waals surface area contributed by atoms with E-state index in [2.05, 4.69) is 46.3 Å². The van der Waals surface area contributed by atoms with Gasteiger partial charge in [0, 0.05) is 24.0 Å². The average Bonchev–Trinajstić information content (AvgIpc) is 3.34. The SMILES string of the molecule is C=CC(=O)Nc1cccc(Oc2nc(Nc3ccc(NCCC(C)CC)c(Cl)c3)nc3ccsc23)c1. The van der Waals surface area contributed by atoms with Gasteiger partial charge in [0.05, 0.1) is 16.2 Å². The van der Waals surface area contributed by atoms with E-state index in [0.29, 0.717) is 34.2 Å². The molecule has 1 atom stereocenters. The monoisotopic (exact) mass is 521 g/mol. The molecule has 4 aromatic rings. The first kappa shape index (κ1) is 25.5. The van der Waals surface area contributed by atoms with Gasteiger partial charge in [-0.1, -0.05) is 44.5 Å². The van der Waals surface area contributed by atoms with Gasteiger partial charge < -0.3 is 20.7 Å². The molecule has 0 spiro atoms. The van der Waals surface area contributed by atoms with Gasteiger partial charge >= 0.3 is 0 Å². The van der Waals surface area contributed by atoms with Crippen molar-refractivity contribution >= 4 is 62.1 Å². The van der Waals surface area contributed by atoms with Crippen molar-refractivity contribution in [3.05, 3.63) is 71.6 Å². The number of amides is 1. The van der Waals surface area contributed by atoms with Gasteiger partial charge in [-0.15, -0.1) is 11.3 Å². The normalized spacial score (nSPS) is 11.6. The Morgan fingerprint density at radius 2 is 2.06 bits per heavy atom. The Hall–Kier alpha value is -3.62. The van der Waals surface area contributed by atoms with Crippen LogP contribution in [0.15, 0.2) is 66.6 Å². The summed E-state index contributed by atoms with van der Waals surface area (Å²) in [6.45, 7) is 8.79. The number of carbonyl (C=O) groups excluding carboxylic acids is 1. The lowest BCUT2D eigenvalue weighted by Crippen LogP contribution is -2.07. The number of hydrogen-bond acceptors (Lipinski definition) is 7. The highest BCUT2D eigenvalue weighted by Gasteiger charge is 2.13. The van der Waals surface area contributed by atoms with E-state index < -0.39 is 0 Å². The smallest absolute Gasteiger partial charge is 0.247 e. The highest BCUT2D eigenvalue weighted by molar-refractivity contribution is 7.17. The summed E-state index contributed by atoms with van der Waals surface area (Å²) in [5, 5.41) is 11.9. The lowest BCUT2D eigenvalue weighted by atomic mass is 10.1. The van der Waals surface area contributed by atoms with Crippen molar-refractivity contribution < 1.29 is 9.53 Å². The third-order valence-electron chi connectivity index (χ3n) is 5.65. The third-order valence-corrected chi connectivity index (χ3v) is 6.85. The fraction of sp³-hybridized carbons (Fsp3) is 0.222. The molecule has 1 unspecified atom stereocenters. The lowest BCUT2D eigenvalue weighted by Gasteiger charge is -2.13. The fourth-order valence-electron chi connectivity index (χ4n) is 3.43. The molecule has 2 aromatic heterocycles. The highest BCUT2D eigenvalue weighted by Crippen LogP contribution is 2.34. The molecule has 0 fully saturated rings. The number of halogens is 1. The Balaban J connectivity index is 1.52. The summed E-state index contributed by atoms with van der Waals surface area (Å²) >= 11 is 8.01. The molecule has 2 aromatic carbocycles. The summed E-state index contributed by atoms with van der Waals surface area (Å²) in [4.78, 5) is 20.9. The van der Waals surface area contributed by atoms with Crippen LogP contribution in [0.2, 0.25) is 5.02 Å². The molecule has 36 heavy (non-hydrogen) atoms. The van der Waals surface area contributed by atoms with Crippen molar-refractivity contribution in [2.75, 3.05) is 22.5 Å². The molecule has 0 aliphatic rings. The maximum absolute atomic E-state index is 11.6. The first-order valence-corrected chi connectivity index (χ1v) is 13.0. The third kappa shape index (κ3) is 6.53. The average molecular weight is 522 g/mol. The number of nitrogens with zero attached hydrogens (tertiary/aromatic N) is 2. The van der Waals surface area contributed by atoms with Crippen LogP contribution < -0.4 is 20.7 Å². The summed E-state index contributed by atoms with van der Waals surface area (Å²) in [5.74, 6) is 1.72. The van der Waals surface area contributed by atoms with Gasteiger partial charge in [-0.2, -0.15) is 4.98 Å². The maximum atomic E-state index is 11.6. The first-order chi connectivity index (χ1) is 17.4. The molecule has 0 bridgehead atoms. The molecule has 9 heteroatoms. The maximum Gasteiger partial charge on any atom is 0.247 e. The molecule has 0 saturated carbocycles. The van der Waals surface area contributed by atoms with E-state index in [1.807, 2.05) is 29.6 Å². The Morgan fingerprint density at radius 3 is 2.83 bits per heavy atom. The quantitative estimate of drug-likeness (QED) is 0.174. The van der Waals surface area contributed by atoms with Crippen LogP contribution in [0.4, 0.5) is 23.0 Å². The zero-order chi connectivity index (χ0) is 25.5. The Bertz CT molecular complexity index is 1370. The molecule has 0 radical (unpaired) electrons. The van der Waals surface area contributed by atoms with Crippen molar-refractivity contribution in [1.29, 1.82) is 0 Å².